The van der Waals surface area contributed by atoms with E-state index in [0.717, 1.165) is 18.2 Å². The Morgan fingerprint density at radius 2 is 1.75 bits per heavy atom. The average molecular weight is 307 g/mol. The minimum absolute atomic E-state index is 0.560. The van der Waals surface area contributed by atoms with Crippen LogP contribution < -0.4 is 4.72 Å². The molecule has 1 heterocycles. The van der Waals surface area contributed by atoms with E-state index in [9.17, 15) is 26.7 Å². The van der Waals surface area contributed by atoms with Gasteiger partial charge in [-0.2, -0.15) is 17.9 Å². The normalized spacial score (nSPS) is 21.2. The Hall–Kier alpha value is -1.54. The van der Waals surface area contributed by atoms with Crippen LogP contribution in [0.15, 0.2) is 30.0 Å². The molecule has 0 fully saturated rings. The molecule has 8 heteroatoms. The van der Waals surface area contributed by atoms with Crippen molar-refractivity contribution in [2.75, 3.05) is 0 Å². The quantitative estimate of drug-likeness (QED) is 0.838. The molecule has 0 spiro atoms. The molecule has 0 unspecified atom stereocenters. The molecular weight excluding hydrogens is 295 g/mol. The van der Waals surface area contributed by atoms with Gasteiger partial charge < -0.3 is 5.11 Å². The smallest absolute Gasteiger partial charge is 0.417 e. The van der Waals surface area contributed by atoms with Gasteiger partial charge in [-0.1, -0.05) is 18.2 Å². The van der Waals surface area contributed by atoms with Crippen molar-refractivity contribution in [1.82, 2.24) is 4.72 Å². The maximum absolute atomic E-state index is 13.0. The van der Waals surface area contributed by atoms with Crippen molar-refractivity contribution in [3.05, 3.63) is 41.2 Å². The Bertz CT molecular complexity index is 690. The van der Waals surface area contributed by atoms with Gasteiger partial charge in [0.15, 0.2) is 0 Å². The Morgan fingerprint density at radius 3 is 2.20 bits per heavy atom. The fourth-order valence-electron chi connectivity index (χ4n) is 2.05. The second kappa shape index (κ2) is 4.23. The van der Waals surface area contributed by atoms with Crippen molar-refractivity contribution in [2.45, 2.75) is 25.6 Å². The van der Waals surface area contributed by atoms with Gasteiger partial charge in [-0.3, -0.25) is 0 Å². The van der Waals surface area contributed by atoms with E-state index in [1.165, 1.54) is 19.9 Å². The Kier molecular flexibility index (Phi) is 3.14. The van der Waals surface area contributed by atoms with E-state index in [-0.39, 0.29) is 0 Å². The summed E-state index contributed by atoms with van der Waals surface area (Å²) in [7, 11) is -4.20. The maximum atomic E-state index is 13.0. The molecule has 0 aromatic heterocycles. The first-order valence-electron chi connectivity index (χ1n) is 5.61. The number of sulfonamides is 1. The third-order valence-electron chi connectivity index (χ3n) is 2.94. The molecule has 0 bridgehead atoms. The molecule has 1 aliphatic rings. The number of hydrogen-bond acceptors (Lipinski definition) is 3. The van der Waals surface area contributed by atoms with Crippen LogP contribution in [0.4, 0.5) is 13.2 Å². The zero-order chi connectivity index (χ0) is 15.3. The van der Waals surface area contributed by atoms with Gasteiger partial charge in [0.1, 0.15) is 10.7 Å². The number of halogens is 3. The predicted molar refractivity (Wildman–Crippen MR) is 67.1 cm³/mol. The number of hydrogen-bond donors (Lipinski definition) is 2. The van der Waals surface area contributed by atoms with Crippen LogP contribution in [-0.4, -0.2) is 19.1 Å². The Morgan fingerprint density at radius 1 is 1.20 bits per heavy atom. The van der Waals surface area contributed by atoms with Gasteiger partial charge in [-0.15, -0.1) is 0 Å². The summed E-state index contributed by atoms with van der Waals surface area (Å²) in [6.07, 6.45) is -4.72. The molecule has 1 aromatic rings. The van der Waals surface area contributed by atoms with E-state index >= 15 is 0 Å². The van der Waals surface area contributed by atoms with E-state index in [2.05, 4.69) is 4.72 Å². The first-order chi connectivity index (χ1) is 8.97. The second-order valence-corrected chi connectivity index (χ2v) is 6.57. The van der Waals surface area contributed by atoms with Gasteiger partial charge in [0.05, 0.1) is 11.1 Å². The molecule has 1 aliphatic heterocycles. The third kappa shape index (κ3) is 2.29. The maximum Gasteiger partial charge on any atom is 0.417 e. The number of aliphatic hydroxyl groups excluding tert-OH is 1. The minimum Gasteiger partial charge on any atom is -0.509 e. The lowest BCUT2D eigenvalue weighted by atomic mass is 9.99. The first kappa shape index (κ1) is 14.9. The molecule has 4 nitrogen and oxygen atoms in total. The largest absolute Gasteiger partial charge is 0.509 e. The summed E-state index contributed by atoms with van der Waals surface area (Å²) in [6.45, 7) is 2.73. The molecule has 0 aliphatic carbocycles. The Labute approximate surface area is 114 Å². The monoisotopic (exact) mass is 307 g/mol. The predicted octanol–water partition coefficient (Wildman–Crippen LogP) is 2.64. The van der Waals surface area contributed by atoms with Crippen LogP contribution >= 0.6 is 0 Å². The van der Waals surface area contributed by atoms with E-state index in [1.807, 2.05) is 0 Å². The van der Waals surface area contributed by atoms with Crippen molar-refractivity contribution in [3.63, 3.8) is 0 Å². The molecule has 0 radical (unpaired) electrons. The summed E-state index contributed by atoms with van der Waals surface area (Å²) in [4.78, 5) is -0.726. The molecule has 2 rings (SSSR count). The van der Waals surface area contributed by atoms with Crippen molar-refractivity contribution in [3.8, 4) is 0 Å². The van der Waals surface area contributed by atoms with E-state index < -0.39 is 43.5 Å². The lowest BCUT2D eigenvalue weighted by molar-refractivity contribution is -0.137. The molecule has 2 N–H and O–H groups in total. The van der Waals surface area contributed by atoms with Crippen LogP contribution in [0.1, 0.15) is 25.0 Å². The third-order valence-corrected chi connectivity index (χ3v) is 4.67. The SMILES string of the molecule is CC1(C)NS(=O)(=O)C(c2ccccc2C(F)(F)F)=C1O. The topological polar surface area (TPSA) is 66.4 Å². The van der Waals surface area contributed by atoms with Crippen LogP contribution in [-0.2, 0) is 16.2 Å². The number of benzene rings is 1. The number of rotatable bonds is 1. The van der Waals surface area contributed by atoms with Crippen molar-refractivity contribution >= 4 is 14.9 Å². The van der Waals surface area contributed by atoms with E-state index in [1.54, 1.807) is 0 Å². The summed E-state index contributed by atoms with van der Waals surface area (Å²) >= 11 is 0. The standard InChI is InChI=1S/C12H12F3NO3S/c1-11(2)10(17)9(20(18,19)16-11)7-5-3-4-6-8(7)12(13,14)15/h3-6,16-17H,1-2H3. The van der Waals surface area contributed by atoms with Gasteiger partial charge >= 0.3 is 6.18 Å². The zero-order valence-electron chi connectivity index (χ0n) is 10.6. The molecule has 0 saturated carbocycles. The molecule has 0 atom stereocenters. The molecule has 20 heavy (non-hydrogen) atoms. The van der Waals surface area contributed by atoms with Crippen LogP contribution in [0.5, 0.6) is 0 Å². The highest BCUT2D eigenvalue weighted by molar-refractivity contribution is 7.99. The van der Waals surface area contributed by atoms with Crippen LogP contribution in [0.3, 0.4) is 0 Å². The van der Waals surface area contributed by atoms with Gasteiger partial charge in [0.25, 0.3) is 0 Å². The lowest BCUT2D eigenvalue weighted by Gasteiger charge is -2.16. The summed E-state index contributed by atoms with van der Waals surface area (Å²) in [6, 6.07) is 4.24. The fourth-order valence-corrected chi connectivity index (χ4v) is 3.89. The highest BCUT2D eigenvalue weighted by Crippen LogP contribution is 2.41. The highest BCUT2D eigenvalue weighted by Gasteiger charge is 2.46. The van der Waals surface area contributed by atoms with Gasteiger partial charge in [-0.25, -0.2) is 8.42 Å². The molecule has 0 saturated heterocycles. The molecule has 0 amide bonds. The number of alkyl halides is 3. The number of nitrogens with one attached hydrogen (secondary N) is 1. The lowest BCUT2D eigenvalue weighted by Crippen LogP contribution is -2.38. The molecule has 1 aromatic carbocycles. The van der Waals surface area contributed by atoms with Crippen LogP contribution in [0, 0.1) is 0 Å². The van der Waals surface area contributed by atoms with Gasteiger partial charge in [-0.05, 0) is 19.9 Å². The summed E-state index contributed by atoms with van der Waals surface area (Å²) < 4.78 is 64.9. The average Bonchev–Trinajstić information content (AvgIpc) is 2.42. The summed E-state index contributed by atoms with van der Waals surface area (Å²) in [5.41, 5.74) is -3.01. The minimum atomic E-state index is -4.72. The summed E-state index contributed by atoms with van der Waals surface area (Å²) in [5.74, 6) is -0.630. The molecular formula is C12H12F3NO3S. The van der Waals surface area contributed by atoms with Crippen molar-refractivity contribution < 1.29 is 26.7 Å². The second-order valence-electron chi connectivity index (χ2n) is 4.95. The van der Waals surface area contributed by atoms with Crippen molar-refractivity contribution in [2.24, 2.45) is 0 Å². The number of aliphatic hydroxyl groups is 1. The van der Waals surface area contributed by atoms with Crippen LogP contribution in [0.2, 0.25) is 0 Å². The van der Waals surface area contributed by atoms with E-state index in [0.29, 0.717) is 0 Å². The van der Waals surface area contributed by atoms with Gasteiger partial charge in [0.2, 0.25) is 10.0 Å². The zero-order valence-corrected chi connectivity index (χ0v) is 11.4. The first-order valence-corrected chi connectivity index (χ1v) is 7.09. The highest BCUT2D eigenvalue weighted by atomic mass is 32.2. The van der Waals surface area contributed by atoms with E-state index in [4.69, 9.17) is 0 Å². The summed E-state index contributed by atoms with van der Waals surface area (Å²) in [5, 5.41) is 9.97. The Balaban J connectivity index is 2.79. The van der Waals surface area contributed by atoms with Crippen molar-refractivity contribution in [1.29, 1.82) is 0 Å². The molecule has 110 valence electrons. The van der Waals surface area contributed by atoms with Crippen LogP contribution in [0.25, 0.3) is 4.91 Å². The fraction of sp³-hybridized carbons (Fsp3) is 0.333. The van der Waals surface area contributed by atoms with Gasteiger partial charge in [0, 0.05) is 5.56 Å².